The van der Waals surface area contributed by atoms with Gasteiger partial charge >= 0.3 is 23.9 Å². The lowest BCUT2D eigenvalue weighted by Gasteiger charge is -2.45. The van der Waals surface area contributed by atoms with Gasteiger partial charge in [0, 0.05) is 6.42 Å². The van der Waals surface area contributed by atoms with E-state index in [1.165, 1.54) is 35.4 Å². The maximum atomic E-state index is 13.3. The van der Waals surface area contributed by atoms with Crippen LogP contribution in [0.4, 0.5) is 0 Å². The number of esters is 4. The summed E-state index contributed by atoms with van der Waals surface area (Å²) in [5.74, 6) is -4.40. The number of ketones is 1. The van der Waals surface area contributed by atoms with Gasteiger partial charge < -0.3 is 23.7 Å². The Balaban J connectivity index is 2.25. The number of carbonyl (C=O) groups excluding carboxylic acids is 5. The zero-order valence-electron chi connectivity index (χ0n) is 22.6. The zero-order valence-corrected chi connectivity index (χ0v) is 22.6. The molecule has 9 nitrogen and oxygen atoms in total. The van der Waals surface area contributed by atoms with Crippen LogP contribution in [0.2, 0.25) is 0 Å². The first-order valence-electron chi connectivity index (χ1n) is 12.6. The van der Waals surface area contributed by atoms with Crippen molar-refractivity contribution in [2.75, 3.05) is 28.4 Å². The molecule has 3 rings (SSSR count). The molecule has 5 atom stereocenters. The molecule has 0 heterocycles. The molecule has 9 heteroatoms. The van der Waals surface area contributed by atoms with Gasteiger partial charge in [0.25, 0.3) is 0 Å². The summed E-state index contributed by atoms with van der Waals surface area (Å²) in [6, 6.07) is 0. The van der Waals surface area contributed by atoms with Crippen molar-refractivity contribution in [2.24, 2.45) is 40.4 Å². The fourth-order valence-electron chi connectivity index (χ4n) is 7.60. The van der Waals surface area contributed by atoms with E-state index < -0.39 is 46.5 Å². The molecule has 0 unspecified atom stereocenters. The second kappa shape index (κ2) is 10.8. The van der Waals surface area contributed by atoms with E-state index in [0.29, 0.717) is 25.7 Å². The largest absolute Gasteiger partial charge is 0.468 e. The molecule has 0 aromatic rings. The highest BCUT2D eigenvalue weighted by Crippen LogP contribution is 2.68. The number of Topliss-reactive ketones (excluding diaryl/α,β-unsaturated/α-hetero) is 1. The van der Waals surface area contributed by atoms with Crippen LogP contribution in [0.15, 0.2) is 23.8 Å². The van der Waals surface area contributed by atoms with E-state index in [0.717, 1.165) is 11.1 Å². The van der Waals surface area contributed by atoms with Crippen LogP contribution in [0.1, 0.15) is 52.4 Å². The van der Waals surface area contributed by atoms with E-state index in [1.807, 2.05) is 13.0 Å². The number of hydrogen-bond acceptors (Lipinski definition) is 9. The number of methoxy groups -OCH3 is 4. The Morgan fingerprint density at radius 1 is 0.838 bits per heavy atom. The number of hydrogen-bond donors (Lipinski definition) is 0. The Morgan fingerprint density at radius 3 is 1.78 bits per heavy atom. The van der Waals surface area contributed by atoms with Crippen LogP contribution in [0.3, 0.4) is 0 Å². The highest BCUT2D eigenvalue weighted by molar-refractivity contribution is 6.02. The molecule has 0 saturated heterocycles. The predicted molar refractivity (Wildman–Crippen MR) is 132 cm³/mol. The average molecular weight is 519 g/mol. The molecule has 3 aliphatic carbocycles. The quantitative estimate of drug-likeness (QED) is 0.206. The van der Waals surface area contributed by atoms with Gasteiger partial charge in [-0.2, -0.15) is 0 Å². The molecule has 0 bridgehead atoms. The van der Waals surface area contributed by atoms with E-state index in [2.05, 4.69) is 6.58 Å². The van der Waals surface area contributed by atoms with Gasteiger partial charge in [0.15, 0.2) is 10.8 Å². The molecular formula is C28H38O9. The summed E-state index contributed by atoms with van der Waals surface area (Å²) in [7, 11) is 5.00. The number of fused-ring (bicyclic) bond motifs is 3. The molecule has 0 amide bonds. The molecule has 3 saturated carbocycles. The normalized spacial score (nSPS) is 30.0. The minimum atomic E-state index is -1.55. The highest BCUT2D eigenvalue weighted by Gasteiger charge is 2.72. The predicted octanol–water partition coefficient (Wildman–Crippen LogP) is 3.21. The van der Waals surface area contributed by atoms with Crippen molar-refractivity contribution < 1.29 is 42.9 Å². The van der Waals surface area contributed by atoms with Crippen LogP contribution >= 0.6 is 0 Å². The van der Waals surface area contributed by atoms with Crippen molar-refractivity contribution in [3.8, 4) is 0 Å². The van der Waals surface area contributed by atoms with Gasteiger partial charge in [-0.3, -0.25) is 19.2 Å². The van der Waals surface area contributed by atoms with E-state index in [4.69, 9.17) is 18.9 Å². The van der Waals surface area contributed by atoms with E-state index in [-0.39, 0.29) is 36.4 Å². The molecule has 0 N–H and O–H groups in total. The third-order valence-corrected chi connectivity index (χ3v) is 9.02. The summed E-state index contributed by atoms with van der Waals surface area (Å²) in [6.45, 7) is 7.54. The Kier molecular flexibility index (Phi) is 8.34. The van der Waals surface area contributed by atoms with Crippen LogP contribution in [-0.2, 0) is 42.9 Å². The summed E-state index contributed by atoms with van der Waals surface area (Å²) in [4.78, 5) is 64.8. The fourth-order valence-corrected chi connectivity index (χ4v) is 7.60. The summed E-state index contributed by atoms with van der Waals surface area (Å²) < 4.78 is 20.6. The van der Waals surface area contributed by atoms with E-state index >= 15 is 0 Å². The van der Waals surface area contributed by atoms with E-state index in [9.17, 15) is 24.0 Å². The molecule has 204 valence electrons. The summed E-state index contributed by atoms with van der Waals surface area (Å²) in [5, 5.41) is 0. The standard InChI is InChI=1S/C28H38O9/c1-15(2)18-14-28(25(32)36-6,26(33)37-7)20-12-11-19-21(22(18)20)17(10-8-9-16(3)29)13-27(19,23(30)34-4)24(31)35-5/h10,18-22H,1,8-9,11-14H2,2-7H3/b17-10-/t18-,19+,20-,21+,22-/m0/s1. The zero-order chi connectivity index (χ0) is 27.7. The third kappa shape index (κ3) is 4.30. The van der Waals surface area contributed by atoms with Crippen molar-refractivity contribution in [1.82, 2.24) is 0 Å². The second-order valence-electron chi connectivity index (χ2n) is 10.7. The average Bonchev–Trinajstić information content (AvgIpc) is 3.41. The summed E-state index contributed by atoms with van der Waals surface area (Å²) >= 11 is 0. The molecule has 3 aliphatic rings. The molecule has 0 aromatic carbocycles. The Hall–Kier alpha value is -2.97. The van der Waals surface area contributed by atoms with Gasteiger partial charge in [0.05, 0.1) is 28.4 Å². The van der Waals surface area contributed by atoms with Crippen molar-refractivity contribution in [3.63, 3.8) is 0 Å². The summed E-state index contributed by atoms with van der Waals surface area (Å²) in [6.07, 6.45) is 3.74. The van der Waals surface area contributed by atoms with Gasteiger partial charge in [-0.15, -0.1) is 0 Å². The van der Waals surface area contributed by atoms with Gasteiger partial charge in [0.1, 0.15) is 5.78 Å². The number of ether oxygens (including phenoxy) is 4. The highest BCUT2D eigenvalue weighted by atomic mass is 16.6. The van der Waals surface area contributed by atoms with Gasteiger partial charge in [0.2, 0.25) is 0 Å². The van der Waals surface area contributed by atoms with Gasteiger partial charge in [-0.25, -0.2) is 0 Å². The SMILES string of the molecule is C=C(C)[C@@H]1CC(C(=O)OC)(C(=O)OC)[C@H]2CC[C@@H]3[C@@H](/C(=C\CCC(C)=O)CC3(C(=O)OC)C(=O)OC)[C@@H]12. The molecule has 3 fully saturated rings. The molecule has 0 aliphatic heterocycles. The molecule has 37 heavy (non-hydrogen) atoms. The minimum absolute atomic E-state index is 0.0243. The smallest absolute Gasteiger partial charge is 0.323 e. The second-order valence-corrected chi connectivity index (χ2v) is 10.7. The van der Waals surface area contributed by atoms with Gasteiger partial charge in [-0.1, -0.05) is 23.8 Å². The Morgan fingerprint density at radius 2 is 1.32 bits per heavy atom. The van der Waals surface area contributed by atoms with Crippen LogP contribution < -0.4 is 0 Å². The fraction of sp³-hybridized carbons (Fsp3) is 0.679. The lowest BCUT2D eigenvalue weighted by Crippen LogP contribution is -2.51. The lowest BCUT2D eigenvalue weighted by molar-refractivity contribution is -0.179. The molecule has 0 radical (unpaired) electrons. The molecule has 0 aromatic heterocycles. The maximum absolute atomic E-state index is 13.3. The molecule has 0 spiro atoms. The van der Waals surface area contributed by atoms with Crippen LogP contribution in [0.5, 0.6) is 0 Å². The Bertz CT molecular complexity index is 991. The van der Waals surface area contributed by atoms with Crippen LogP contribution in [0, 0.1) is 40.4 Å². The lowest BCUT2D eigenvalue weighted by atomic mass is 9.58. The van der Waals surface area contributed by atoms with E-state index in [1.54, 1.807) is 0 Å². The topological polar surface area (TPSA) is 122 Å². The van der Waals surface area contributed by atoms with Crippen LogP contribution in [-0.4, -0.2) is 58.1 Å². The van der Waals surface area contributed by atoms with Crippen molar-refractivity contribution in [1.29, 1.82) is 0 Å². The van der Waals surface area contributed by atoms with Crippen LogP contribution in [0.25, 0.3) is 0 Å². The first-order valence-corrected chi connectivity index (χ1v) is 12.6. The Labute approximate surface area is 217 Å². The number of rotatable bonds is 8. The maximum Gasteiger partial charge on any atom is 0.323 e. The first kappa shape index (κ1) is 28.6. The van der Waals surface area contributed by atoms with Gasteiger partial charge in [-0.05, 0) is 75.5 Å². The van der Waals surface area contributed by atoms with Crippen molar-refractivity contribution >= 4 is 29.7 Å². The number of carbonyl (C=O) groups is 5. The third-order valence-electron chi connectivity index (χ3n) is 9.02. The molecular weight excluding hydrogens is 480 g/mol. The summed E-state index contributed by atoms with van der Waals surface area (Å²) in [5.41, 5.74) is -1.44. The first-order chi connectivity index (χ1) is 17.5. The number of allylic oxidation sites excluding steroid dienone is 3. The monoisotopic (exact) mass is 518 g/mol. The van der Waals surface area contributed by atoms with Crippen molar-refractivity contribution in [3.05, 3.63) is 23.8 Å². The van der Waals surface area contributed by atoms with Crippen molar-refractivity contribution in [2.45, 2.75) is 52.4 Å². The minimum Gasteiger partial charge on any atom is -0.468 e.